The number of aliphatic hydroxyl groups excluding tert-OH is 1. The van der Waals surface area contributed by atoms with Crippen molar-refractivity contribution < 1.29 is 14.6 Å². The number of phenols is 1. The van der Waals surface area contributed by atoms with Crippen molar-refractivity contribution in [3.8, 4) is 5.75 Å². The van der Waals surface area contributed by atoms with E-state index in [4.69, 9.17) is 0 Å². The zero-order valence-corrected chi connectivity index (χ0v) is 23.9. The number of halogens is 1. The second-order valence-electron chi connectivity index (χ2n) is 13.1. The molecule has 0 heterocycles. The monoisotopic (exact) mass is 515 g/mol. The number of unbranched alkanes of at least 4 members (excludes halogenated alkanes) is 8. The molecule has 3 aliphatic carbocycles. The van der Waals surface area contributed by atoms with Gasteiger partial charge in [-0.25, -0.2) is 4.39 Å². The number of aliphatic hydroxyl groups is 1. The first-order valence-electron chi connectivity index (χ1n) is 15.7. The van der Waals surface area contributed by atoms with Crippen molar-refractivity contribution in [2.24, 2.45) is 23.2 Å². The van der Waals surface area contributed by atoms with Crippen LogP contribution in [0.3, 0.4) is 0 Å². The molecule has 4 heteroatoms. The van der Waals surface area contributed by atoms with E-state index in [1.54, 1.807) is 6.07 Å². The molecule has 0 aliphatic heterocycles. The standard InChI is InChI=1S/C33H54FNO2/c1-4-5-6-7-8-9-12-19-35(3)20-13-10-11-14-24-21-25-22-26(36)15-16-27(25)32-29(34)23-33(2)28(31(24)32)17-18-30(33)37/h15-16,22,24,28-32,36-37H,4-14,17-21,23H2,1-3H3/t24?,28?,29-,30-,31?,32?,33?/m0/s1. The molecule has 3 nitrogen and oxygen atoms in total. The van der Waals surface area contributed by atoms with Gasteiger partial charge in [0.05, 0.1) is 6.10 Å². The first-order valence-corrected chi connectivity index (χ1v) is 15.7. The van der Waals surface area contributed by atoms with E-state index in [-0.39, 0.29) is 17.4 Å². The van der Waals surface area contributed by atoms with Gasteiger partial charge in [-0.3, -0.25) is 0 Å². The van der Waals surface area contributed by atoms with Crippen LogP contribution in [0.5, 0.6) is 5.75 Å². The Morgan fingerprint density at radius 2 is 1.65 bits per heavy atom. The summed E-state index contributed by atoms with van der Waals surface area (Å²) < 4.78 is 15.9. The molecule has 2 N–H and O–H groups in total. The summed E-state index contributed by atoms with van der Waals surface area (Å²) >= 11 is 0. The molecule has 0 saturated heterocycles. The van der Waals surface area contributed by atoms with Crippen LogP contribution in [-0.2, 0) is 6.42 Å². The second kappa shape index (κ2) is 13.3. The lowest BCUT2D eigenvalue weighted by Gasteiger charge is -2.54. The number of alkyl halides is 1. The van der Waals surface area contributed by atoms with Crippen LogP contribution in [-0.4, -0.2) is 47.5 Å². The van der Waals surface area contributed by atoms with E-state index in [1.807, 2.05) is 12.1 Å². The fraction of sp³-hybridized carbons (Fsp3) is 0.818. The van der Waals surface area contributed by atoms with Gasteiger partial charge in [0, 0.05) is 5.92 Å². The molecule has 0 amide bonds. The van der Waals surface area contributed by atoms with E-state index in [9.17, 15) is 10.2 Å². The zero-order valence-electron chi connectivity index (χ0n) is 23.9. The molecular weight excluding hydrogens is 461 g/mol. The molecule has 1 aromatic rings. The summed E-state index contributed by atoms with van der Waals surface area (Å²) in [5.41, 5.74) is 2.00. The number of hydrogen-bond donors (Lipinski definition) is 2. The number of fused-ring (bicyclic) bond motifs is 5. The molecule has 2 saturated carbocycles. The Morgan fingerprint density at radius 3 is 2.38 bits per heavy atom. The van der Waals surface area contributed by atoms with E-state index < -0.39 is 6.17 Å². The van der Waals surface area contributed by atoms with Gasteiger partial charge in [-0.1, -0.05) is 71.3 Å². The molecule has 4 rings (SSSR count). The minimum absolute atomic E-state index is 0.0779. The van der Waals surface area contributed by atoms with Gasteiger partial charge in [0.2, 0.25) is 0 Å². The zero-order chi connectivity index (χ0) is 26.4. The topological polar surface area (TPSA) is 43.7 Å². The third-order valence-corrected chi connectivity index (χ3v) is 10.5. The van der Waals surface area contributed by atoms with Crippen molar-refractivity contribution >= 4 is 0 Å². The number of aromatic hydroxyl groups is 1. The highest BCUT2D eigenvalue weighted by Gasteiger charge is 2.59. The summed E-state index contributed by atoms with van der Waals surface area (Å²) in [4.78, 5) is 2.50. The van der Waals surface area contributed by atoms with Gasteiger partial charge in [-0.2, -0.15) is 0 Å². The Balaban J connectivity index is 1.28. The normalized spacial score (nSPS) is 32.8. The molecular formula is C33H54FNO2. The van der Waals surface area contributed by atoms with Crippen molar-refractivity contribution in [2.45, 2.75) is 128 Å². The first-order chi connectivity index (χ1) is 17.8. The summed E-state index contributed by atoms with van der Waals surface area (Å²) in [6.07, 6.45) is 16.3. The van der Waals surface area contributed by atoms with Crippen LogP contribution in [0.4, 0.5) is 4.39 Å². The minimum atomic E-state index is -0.912. The molecule has 0 aromatic heterocycles. The number of hydrogen-bond acceptors (Lipinski definition) is 3. The predicted molar refractivity (Wildman–Crippen MR) is 152 cm³/mol. The maximum atomic E-state index is 15.9. The van der Waals surface area contributed by atoms with E-state index in [0.717, 1.165) is 36.8 Å². The third-order valence-electron chi connectivity index (χ3n) is 10.5. The summed E-state index contributed by atoms with van der Waals surface area (Å²) in [7, 11) is 2.27. The van der Waals surface area contributed by atoms with Crippen LogP contribution < -0.4 is 0 Å². The minimum Gasteiger partial charge on any atom is -0.508 e. The maximum Gasteiger partial charge on any atom is 0.115 e. The van der Waals surface area contributed by atoms with Crippen LogP contribution in [0.2, 0.25) is 0 Å². The summed E-state index contributed by atoms with van der Waals surface area (Å²) in [5, 5.41) is 21.0. The Morgan fingerprint density at radius 1 is 0.973 bits per heavy atom. The van der Waals surface area contributed by atoms with Gasteiger partial charge in [-0.05, 0) is 112 Å². The highest BCUT2D eigenvalue weighted by Crippen LogP contribution is 2.63. The molecule has 2 fully saturated rings. The number of nitrogens with zero attached hydrogens (tertiary/aromatic N) is 1. The third kappa shape index (κ3) is 6.72. The summed E-state index contributed by atoms with van der Waals surface area (Å²) in [5.74, 6) is 1.37. The van der Waals surface area contributed by atoms with Crippen LogP contribution in [0.15, 0.2) is 18.2 Å². The van der Waals surface area contributed by atoms with Gasteiger partial charge < -0.3 is 15.1 Å². The fourth-order valence-corrected chi connectivity index (χ4v) is 8.45. The number of benzene rings is 1. The molecule has 7 atom stereocenters. The van der Waals surface area contributed by atoms with Crippen molar-refractivity contribution in [3.05, 3.63) is 29.3 Å². The molecule has 0 spiro atoms. The second-order valence-corrected chi connectivity index (χ2v) is 13.1. The SMILES string of the molecule is CCCCCCCCCN(C)CCCCCC1Cc2cc(O)ccc2C2C1C1CC[C@H](O)C1(C)C[C@@H]2F. The van der Waals surface area contributed by atoms with E-state index >= 15 is 4.39 Å². The summed E-state index contributed by atoms with van der Waals surface area (Å²) in [6.45, 7) is 6.81. The maximum absolute atomic E-state index is 15.9. The first kappa shape index (κ1) is 28.9. The van der Waals surface area contributed by atoms with E-state index in [0.29, 0.717) is 29.9 Å². The van der Waals surface area contributed by atoms with Crippen LogP contribution in [0.1, 0.15) is 121 Å². The molecule has 37 heavy (non-hydrogen) atoms. The molecule has 1 aromatic carbocycles. The lowest BCUT2D eigenvalue weighted by molar-refractivity contribution is -0.0722. The van der Waals surface area contributed by atoms with E-state index in [1.165, 1.54) is 77.3 Å². The molecule has 3 aliphatic rings. The van der Waals surface area contributed by atoms with Gasteiger partial charge in [0.1, 0.15) is 11.9 Å². The Labute approximate surface area is 226 Å². The van der Waals surface area contributed by atoms with Crippen LogP contribution >= 0.6 is 0 Å². The van der Waals surface area contributed by atoms with E-state index in [2.05, 4.69) is 25.8 Å². The number of rotatable bonds is 14. The molecule has 0 radical (unpaired) electrons. The quantitative estimate of drug-likeness (QED) is 0.247. The molecule has 5 unspecified atom stereocenters. The largest absolute Gasteiger partial charge is 0.508 e. The Kier molecular flexibility index (Phi) is 10.4. The highest BCUT2D eigenvalue weighted by molar-refractivity contribution is 5.41. The smallest absolute Gasteiger partial charge is 0.115 e. The fourth-order valence-electron chi connectivity index (χ4n) is 8.45. The van der Waals surface area contributed by atoms with Crippen molar-refractivity contribution in [1.82, 2.24) is 4.90 Å². The molecule has 0 bridgehead atoms. The van der Waals surface area contributed by atoms with Crippen LogP contribution in [0.25, 0.3) is 0 Å². The number of phenolic OH excluding ortho intramolecular Hbond substituents is 1. The molecule has 210 valence electrons. The van der Waals surface area contributed by atoms with Gasteiger partial charge in [0.25, 0.3) is 0 Å². The van der Waals surface area contributed by atoms with Crippen LogP contribution in [0, 0.1) is 23.2 Å². The van der Waals surface area contributed by atoms with Crippen molar-refractivity contribution in [3.63, 3.8) is 0 Å². The Bertz CT molecular complexity index is 846. The lowest BCUT2D eigenvalue weighted by Crippen LogP contribution is -2.51. The Hall–Kier alpha value is -1.13. The highest BCUT2D eigenvalue weighted by atomic mass is 19.1. The lowest BCUT2D eigenvalue weighted by atomic mass is 9.51. The van der Waals surface area contributed by atoms with Gasteiger partial charge in [0.15, 0.2) is 0 Å². The van der Waals surface area contributed by atoms with Gasteiger partial charge in [-0.15, -0.1) is 0 Å². The average molecular weight is 516 g/mol. The summed E-state index contributed by atoms with van der Waals surface area (Å²) in [6, 6.07) is 5.62. The van der Waals surface area contributed by atoms with Gasteiger partial charge >= 0.3 is 0 Å². The predicted octanol–water partition coefficient (Wildman–Crippen LogP) is 8.03. The average Bonchev–Trinajstić information content (AvgIpc) is 3.16. The van der Waals surface area contributed by atoms with Crippen molar-refractivity contribution in [2.75, 3.05) is 20.1 Å². The van der Waals surface area contributed by atoms with Crippen molar-refractivity contribution in [1.29, 1.82) is 0 Å².